The molecule has 0 spiro atoms. The minimum absolute atomic E-state index is 0.101. The quantitative estimate of drug-likeness (QED) is 0.566. The fourth-order valence-corrected chi connectivity index (χ4v) is 4.95. The predicted molar refractivity (Wildman–Crippen MR) is 116 cm³/mol. The lowest BCUT2D eigenvalue weighted by atomic mass is 9.78. The number of carbonyl (C=O) groups excluding carboxylic acids is 2. The van der Waals surface area contributed by atoms with Crippen molar-refractivity contribution in [1.82, 2.24) is 14.7 Å². The highest BCUT2D eigenvalue weighted by atomic mass is 16.5. The second-order valence-corrected chi connectivity index (χ2v) is 8.26. The number of carbonyl (C=O) groups is 2. The highest BCUT2D eigenvalue weighted by molar-refractivity contribution is 6.00. The van der Waals surface area contributed by atoms with Crippen molar-refractivity contribution in [3.63, 3.8) is 0 Å². The number of nitrogens with zero attached hydrogens (tertiary/aromatic N) is 3. The van der Waals surface area contributed by atoms with Crippen molar-refractivity contribution >= 4 is 18.0 Å². The summed E-state index contributed by atoms with van der Waals surface area (Å²) in [5.74, 6) is 0.364. The number of benzene rings is 1. The SMILES string of the molecule is COC(=O)/C=C/c1ccc(-c2c(C(=O)N3CCCC4CCCCC43)cnn2C)cc1. The standard InChI is InChI=1S/C24H29N3O3/c1-26-23(19-12-9-17(10-13-19)11-14-22(28)30-2)20(16-25-26)24(29)27-15-5-7-18-6-3-4-8-21(18)27/h9-14,16,18,21H,3-8,15H2,1-2H3/b14-11+. The second-order valence-electron chi connectivity index (χ2n) is 8.26. The molecule has 2 aliphatic rings. The van der Waals surface area contributed by atoms with Gasteiger partial charge in [0.1, 0.15) is 0 Å². The van der Waals surface area contributed by atoms with Gasteiger partial charge in [0, 0.05) is 31.3 Å². The zero-order valence-corrected chi connectivity index (χ0v) is 17.7. The average molecular weight is 408 g/mol. The van der Waals surface area contributed by atoms with Crippen LogP contribution in [-0.2, 0) is 16.6 Å². The van der Waals surface area contributed by atoms with E-state index in [0.717, 1.165) is 36.2 Å². The molecule has 1 amide bonds. The maximum atomic E-state index is 13.5. The first kappa shape index (κ1) is 20.4. The summed E-state index contributed by atoms with van der Waals surface area (Å²) in [5, 5.41) is 4.40. The van der Waals surface area contributed by atoms with Gasteiger partial charge < -0.3 is 9.64 Å². The summed E-state index contributed by atoms with van der Waals surface area (Å²) in [6, 6.07) is 8.15. The summed E-state index contributed by atoms with van der Waals surface area (Å²) in [6.45, 7) is 0.839. The Morgan fingerprint density at radius 3 is 2.60 bits per heavy atom. The molecule has 1 aromatic carbocycles. The summed E-state index contributed by atoms with van der Waals surface area (Å²) in [7, 11) is 3.23. The van der Waals surface area contributed by atoms with E-state index in [1.165, 1.54) is 38.9 Å². The third-order valence-corrected chi connectivity index (χ3v) is 6.47. The number of esters is 1. The molecule has 6 nitrogen and oxygen atoms in total. The maximum Gasteiger partial charge on any atom is 0.330 e. The van der Waals surface area contributed by atoms with E-state index in [1.807, 2.05) is 31.3 Å². The summed E-state index contributed by atoms with van der Waals surface area (Å²) in [6.07, 6.45) is 12.0. The molecule has 1 saturated heterocycles. The highest BCUT2D eigenvalue weighted by Gasteiger charge is 2.37. The Bertz CT molecular complexity index is 943. The van der Waals surface area contributed by atoms with Crippen molar-refractivity contribution in [2.24, 2.45) is 13.0 Å². The molecular weight excluding hydrogens is 378 g/mol. The number of hydrogen-bond acceptors (Lipinski definition) is 4. The van der Waals surface area contributed by atoms with Gasteiger partial charge in [0.05, 0.1) is 24.6 Å². The number of fused-ring (bicyclic) bond motifs is 1. The minimum atomic E-state index is -0.388. The molecule has 2 aromatic rings. The van der Waals surface area contributed by atoms with Crippen LogP contribution < -0.4 is 0 Å². The lowest BCUT2D eigenvalue weighted by Crippen LogP contribution is -2.49. The summed E-state index contributed by atoms with van der Waals surface area (Å²) >= 11 is 0. The van der Waals surface area contributed by atoms with Crippen LogP contribution in [0.15, 0.2) is 36.5 Å². The predicted octanol–water partition coefficient (Wildman–Crippen LogP) is 4.07. The van der Waals surface area contributed by atoms with Crippen molar-refractivity contribution in [3.8, 4) is 11.3 Å². The van der Waals surface area contributed by atoms with E-state index in [-0.39, 0.29) is 11.9 Å². The molecule has 0 bridgehead atoms. The van der Waals surface area contributed by atoms with Crippen LogP contribution in [0, 0.1) is 5.92 Å². The first-order valence-electron chi connectivity index (χ1n) is 10.8. The highest BCUT2D eigenvalue weighted by Crippen LogP contribution is 2.37. The largest absolute Gasteiger partial charge is 0.466 e. The zero-order valence-electron chi connectivity index (χ0n) is 17.7. The van der Waals surface area contributed by atoms with Gasteiger partial charge in [0.2, 0.25) is 0 Å². The van der Waals surface area contributed by atoms with E-state index in [4.69, 9.17) is 0 Å². The van der Waals surface area contributed by atoms with Crippen LogP contribution in [0.25, 0.3) is 17.3 Å². The molecule has 6 heteroatoms. The molecule has 30 heavy (non-hydrogen) atoms. The number of hydrogen-bond donors (Lipinski definition) is 0. The molecule has 158 valence electrons. The van der Waals surface area contributed by atoms with E-state index in [0.29, 0.717) is 17.5 Å². The maximum absolute atomic E-state index is 13.5. The van der Waals surface area contributed by atoms with Crippen molar-refractivity contribution in [2.45, 2.75) is 44.6 Å². The Balaban J connectivity index is 1.59. The van der Waals surface area contributed by atoms with Crippen LogP contribution in [0.1, 0.15) is 54.4 Å². The van der Waals surface area contributed by atoms with Crippen molar-refractivity contribution in [2.75, 3.05) is 13.7 Å². The first-order valence-corrected chi connectivity index (χ1v) is 10.8. The fourth-order valence-electron chi connectivity index (χ4n) is 4.95. The number of ether oxygens (including phenoxy) is 1. The van der Waals surface area contributed by atoms with E-state index in [2.05, 4.69) is 14.7 Å². The number of methoxy groups -OCH3 is 1. The Morgan fingerprint density at radius 2 is 1.83 bits per heavy atom. The third-order valence-electron chi connectivity index (χ3n) is 6.47. The molecule has 2 atom stereocenters. The third kappa shape index (κ3) is 4.04. The lowest BCUT2D eigenvalue weighted by Gasteiger charge is -2.44. The Hall–Kier alpha value is -2.89. The summed E-state index contributed by atoms with van der Waals surface area (Å²) in [5.41, 5.74) is 3.33. The number of piperidine rings is 1. The summed E-state index contributed by atoms with van der Waals surface area (Å²) < 4.78 is 6.40. The van der Waals surface area contributed by atoms with Crippen LogP contribution in [0.3, 0.4) is 0 Å². The van der Waals surface area contributed by atoms with E-state index in [1.54, 1.807) is 17.0 Å². The molecule has 2 fully saturated rings. The van der Waals surface area contributed by atoms with E-state index < -0.39 is 0 Å². The van der Waals surface area contributed by atoms with Gasteiger partial charge in [-0.1, -0.05) is 37.1 Å². The first-order chi connectivity index (χ1) is 14.6. The monoisotopic (exact) mass is 407 g/mol. The van der Waals surface area contributed by atoms with Gasteiger partial charge in [0.15, 0.2) is 0 Å². The van der Waals surface area contributed by atoms with Gasteiger partial charge in [-0.3, -0.25) is 9.48 Å². The molecule has 1 saturated carbocycles. The Labute approximate surface area is 177 Å². The van der Waals surface area contributed by atoms with Crippen LogP contribution in [0.4, 0.5) is 0 Å². The van der Waals surface area contributed by atoms with Crippen LogP contribution in [-0.4, -0.2) is 46.3 Å². The van der Waals surface area contributed by atoms with Gasteiger partial charge in [-0.15, -0.1) is 0 Å². The number of rotatable bonds is 4. The number of likely N-dealkylation sites (tertiary alicyclic amines) is 1. The molecule has 0 N–H and O–H groups in total. The smallest absolute Gasteiger partial charge is 0.330 e. The minimum Gasteiger partial charge on any atom is -0.466 e. The van der Waals surface area contributed by atoms with Crippen molar-refractivity contribution in [3.05, 3.63) is 47.7 Å². The Morgan fingerprint density at radius 1 is 1.10 bits per heavy atom. The second kappa shape index (κ2) is 8.86. The van der Waals surface area contributed by atoms with Crippen molar-refractivity contribution in [1.29, 1.82) is 0 Å². The van der Waals surface area contributed by atoms with Crippen LogP contribution >= 0.6 is 0 Å². The van der Waals surface area contributed by atoms with Gasteiger partial charge >= 0.3 is 5.97 Å². The van der Waals surface area contributed by atoms with Gasteiger partial charge in [-0.2, -0.15) is 5.10 Å². The van der Waals surface area contributed by atoms with Gasteiger partial charge in [0.25, 0.3) is 5.91 Å². The molecule has 2 heterocycles. The molecule has 4 rings (SSSR count). The van der Waals surface area contributed by atoms with Crippen LogP contribution in [0.5, 0.6) is 0 Å². The molecule has 1 aliphatic carbocycles. The van der Waals surface area contributed by atoms with E-state index >= 15 is 0 Å². The lowest BCUT2D eigenvalue weighted by molar-refractivity contribution is -0.134. The topological polar surface area (TPSA) is 64.4 Å². The van der Waals surface area contributed by atoms with Gasteiger partial charge in [-0.05, 0) is 43.2 Å². The number of aromatic nitrogens is 2. The number of amides is 1. The molecule has 1 aromatic heterocycles. The molecule has 1 aliphatic heterocycles. The van der Waals surface area contributed by atoms with Gasteiger partial charge in [-0.25, -0.2) is 4.79 Å². The van der Waals surface area contributed by atoms with E-state index in [9.17, 15) is 9.59 Å². The Kier molecular flexibility index (Phi) is 6.02. The normalized spacial score (nSPS) is 21.5. The molecule has 0 radical (unpaired) electrons. The van der Waals surface area contributed by atoms with Crippen molar-refractivity contribution < 1.29 is 14.3 Å². The average Bonchev–Trinajstić information content (AvgIpc) is 3.18. The van der Waals surface area contributed by atoms with Crippen LogP contribution in [0.2, 0.25) is 0 Å². The zero-order chi connectivity index (χ0) is 21.1. The fraction of sp³-hybridized carbons (Fsp3) is 0.458. The number of aryl methyl sites for hydroxylation is 1. The summed E-state index contributed by atoms with van der Waals surface area (Å²) in [4.78, 5) is 27.0. The molecular formula is C24H29N3O3. The molecule has 2 unspecified atom stereocenters.